The Bertz CT molecular complexity index is 1350. The number of pyridine rings is 1. The first-order chi connectivity index (χ1) is 14.9. The molecule has 1 saturated carbocycles. The fourth-order valence-electron chi connectivity index (χ4n) is 3.89. The summed E-state index contributed by atoms with van der Waals surface area (Å²) in [5.74, 6) is 0.194. The molecule has 0 saturated heterocycles. The lowest BCUT2D eigenvalue weighted by Crippen LogP contribution is -2.50. The molecule has 0 spiro atoms. The normalized spacial score (nSPS) is 16.0. The van der Waals surface area contributed by atoms with Gasteiger partial charge in [-0.15, -0.1) is 0 Å². The Labute approximate surface area is 182 Å². The third-order valence-corrected chi connectivity index (χ3v) is 8.22. The molecule has 0 unspecified atom stereocenters. The SMILES string of the molecule is Cn1cnc2c(-c3ccc(C(F)(F)F)cc3)cnc(NCC3(S(C)(=O)=O)CCC3)c2c1=O. The van der Waals surface area contributed by atoms with Crippen molar-refractivity contribution >= 4 is 26.6 Å². The monoisotopic (exact) mass is 466 g/mol. The van der Waals surface area contributed by atoms with Crippen LogP contribution in [0.4, 0.5) is 19.0 Å². The summed E-state index contributed by atoms with van der Waals surface area (Å²) in [6.45, 7) is 0.103. The number of nitrogens with zero attached hydrogens (tertiary/aromatic N) is 3. The minimum atomic E-state index is -4.46. The number of halogens is 3. The van der Waals surface area contributed by atoms with E-state index >= 15 is 0 Å². The first-order valence-electron chi connectivity index (χ1n) is 9.88. The summed E-state index contributed by atoms with van der Waals surface area (Å²) in [4.78, 5) is 21.5. The minimum Gasteiger partial charge on any atom is -0.368 e. The predicted octanol–water partition coefficient (Wildman–Crippen LogP) is 3.39. The van der Waals surface area contributed by atoms with Crippen LogP contribution in [-0.4, -0.2) is 40.5 Å². The third kappa shape index (κ3) is 3.74. The van der Waals surface area contributed by atoms with Crippen molar-refractivity contribution in [1.82, 2.24) is 14.5 Å². The van der Waals surface area contributed by atoms with Crippen molar-refractivity contribution in [2.75, 3.05) is 18.1 Å². The van der Waals surface area contributed by atoms with Gasteiger partial charge in [0.15, 0.2) is 9.84 Å². The number of rotatable bonds is 5. The molecule has 2 aromatic heterocycles. The zero-order chi connectivity index (χ0) is 23.3. The van der Waals surface area contributed by atoms with Crippen molar-refractivity contribution < 1.29 is 21.6 Å². The molecule has 2 heterocycles. The van der Waals surface area contributed by atoms with Crippen molar-refractivity contribution in [3.05, 3.63) is 52.7 Å². The van der Waals surface area contributed by atoms with Crippen LogP contribution >= 0.6 is 0 Å². The Hall–Kier alpha value is -2.95. The van der Waals surface area contributed by atoms with E-state index in [2.05, 4.69) is 15.3 Å². The molecule has 1 N–H and O–H groups in total. The van der Waals surface area contributed by atoms with Gasteiger partial charge in [0.1, 0.15) is 11.2 Å². The second kappa shape index (κ2) is 7.58. The van der Waals surface area contributed by atoms with Gasteiger partial charge in [-0.3, -0.25) is 4.79 Å². The highest BCUT2D eigenvalue weighted by Gasteiger charge is 2.46. The van der Waals surface area contributed by atoms with E-state index in [1.807, 2.05) is 0 Å². The highest BCUT2D eigenvalue weighted by Crippen LogP contribution is 2.39. The van der Waals surface area contributed by atoms with Gasteiger partial charge >= 0.3 is 6.18 Å². The molecule has 170 valence electrons. The standard InChI is InChI=1S/C21H21F3N4O3S/c1-28-12-27-17-15(13-4-6-14(7-5-13)21(22,23)24)10-25-18(16(17)19(28)29)26-11-20(8-3-9-20)32(2,30)31/h4-7,10,12H,3,8-9,11H2,1-2H3,(H,25,26). The topological polar surface area (TPSA) is 93.9 Å². The van der Waals surface area contributed by atoms with Crippen LogP contribution in [-0.2, 0) is 23.1 Å². The molecular formula is C21H21F3N4O3S. The molecule has 4 rings (SSSR count). The molecule has 7 nitrogen and oxygen atoms in total. The second-order valence-electron chi connectivity index (χ2n) is 8.14. The van der Waals surface area contributed by atoms with Crippen molar-refractivity contribution in [3.63, 3.8) is 0 Å². The van der Waals surface area contributed by atoms with E-state index in [-0.39, 0.29) is 23.3 Å². The maximum absolute atomic E-state index is 12.9. The minimum absolute atomic E-state index is 0.103. The summed E-state index contributed by atoms with van der Waals surface area (Å²) in [7, 11) is -1.80. The number of aryl methyl sites for hydroxylation is 1. The van der Waals surface area contributed by atoms with Crippen LogP contribution in [0.2, 0.25) is 0 Å². The van der Waals surface area contributed by atoms with Crippen LogP contribution in [0.1, 0.15) is 24.8 Å². The quantitative estimate of drug-likeness (QED) is 0.620. The van der Waals surface area contributed by atoms with E-state index < -0.39 is 31.9 Å². The van der Waals surface area contributed by atoms with Gasteiger partial charge in [0.2, 0.25) is 0 Å². The molecule has 0 atom stereocenters. The summed E-state index contributed by atoms with van der Waals surface area (Å²) in [5, 5.41) is 3.17. The number of hydrogen-bond donors (Lipinski definition) is 1. The van der Waals surface area contributed by atoms with Gasteiger partial charge in [0.05, 0.1) is 22.2 Å². The first kappa shape index (κ1) is 22.3. The van der Waals surface area contributed by atoms with Crippen LogP contribution in [0.5, 0.6) is 0 Å². The molecule has 1 aliphatic rings. The van der Waals surface area contributed by atoms with E-state index in [0.29, 0.717) is 24.0 Å². The van der Waals surface area contributed by atoms with Crippen LogP contribution in [0.15, 0.2) is 41.6 Å². The molecule has 0 radical (unpaired) electrons. The average Bonchev–Trinajstić information content (AvgIpc) is 2.68. The highest BCUT2D eigenvalue weighted by atomic mass is 32.2. The molecule has 0 amide bonds. The van der Waals surface area contributed by atoms with Gasteiger partial charge < -0.3 is 9.88 Å². The lowest BCUT2D eigenvalue weighted by molar-refractivity contribution is -0.137. The number of nitrogens with one attached hydrogen (secondary N) is 1. The van der Waals surface area contributed by atoms with Crippen LogP contribution in [0.3, 0.4) is 0 Å². The smallest absolute Gasteiger partial charge is 0.368 e. The Morgan fingerprint density at radius 1 is 1.16 bits per heavy atom. The molecule has 1 fully saturated rings. The summed E-state index contributed by atoms with van der Waals surface area (Å²) < 4.78 is 63.6. The van der Waals surface area contributed by atoms with Gasteiger partial charge in [-0.05, 0) is 30.5 Å². The van der Waals surface area contributed by atoms with Crippen LogP contribution in [0.25, 0.3) is 22.0 Å². The molecule has 11 heteroatoms. The predicted molar refractivity (Wildman–Crippen MR) is 115 cm³/mol. The Morgan fingerprint density at radius 2 is 1.81 bits per heavy atom. The third-order valence-electron chi connectivity index (χ3n) is 6.10. The summed E-state index contributed by atoms with van der Waals surface area (Å²) in [6.07, 6.45) is 1.34. The first-order valence-corrected chi connectivity index (χ1v) is 11.8. The Kier molecular flexibility index (Phi) is 5.27. The number of benzene rings is 1. The van der Waals surface area contributed by atoms with Gasteiger partial charge in [0.25, 0.3) is 5.56 Å². The fourth-order valence-corrected chi connectivity index (χ4v) is 5.25. The van der Waals surface area contributed by atoms with Gasteiger partial charge in [-0.25, -0.2) is 18.4 Å². The van der Waals surface area contributed by atoms with Crippen molar-refractivity contribution in [3.8, 4) is 11.1 Å². The van der Waals surface area contributed by atoms with Gasteiger partial charge in [-0.2, -0.15) is 13.2 Å². The number of fused-ring (bicyclic) bond motifs is 1. The summed E-state index contributed by atoms with van der Waals surface area (Å²) in [5.41, 5.74) is -0.0896. The number of aromatic nitrogens is 3. The number of hydrogen-bond acceptors (Lipinski definition) is 6. The number of alkyl halides is 3. The molecule has 3 aromatic rings. The highest BCUT2D eigenvalue weighted by molar-refractivity contribution is 7.92. The summed E-state index contributed by atoms with van der Waals surface area (Å²) >= 11 is 0. The average molecular weight is 466 g/mol. The fraction of sp³-hybridized carbons (Fsp3) is 0.381. The van der Waals surface area contributed by atoms with E-state index in [4.69, 9.17) is 0 Å². The van der Waals surface area contributed by atoms with Crippen LogP contribution < -0.4 is 10.9 Å². The van der Waals surface area contributed by atoms with Crippen molar-refractivity contribution in [1.29, 1.82) is 0 Å². The van der Waals surface area contributed by atoms with Gasteiger partial charge in [0, 0.05) is 31.6 Å². The molecule has 32 heavy (non-hydrogen) atoms. The van der Waals surface area contributed by atoms with E-state index in [9.17, 15) is 26.4 Å². The zero-order valence-electron chi connectivity index (χ0n) is 17.4. The van der Waals surface area contributed by atoms with Crippen molar-refractivity contribution in [2.45, 2.75) is 30.2 Å². The van der Waals surface area contributed by atoms with E-state index in [1.165, 1.54) is 42.5 Å². The molecular weight excluding hydrogens is 445 g/mol. The van der Waals surface area contributed by atoms with Crippen LogP contribution in [0, 0.1) is 0 Å². The zero-order valence-corrected chi connectivity index (χ0v) is 18.2. The number of anilines is 1. The van der Waals surface area contributed by atoms with Crippen molar-refractivity contribution in [2.24, 2.45) is 7.05 Å². The maximum atomic E-state index is 12.9. The largest absolute Gasteiger partial charge is 0.416 e. The Balaban J connectivity index is 1.79. The molecule has 1 aromatic carbocycles. The second-order valence-corrected chi connectivity index (χ2v) is 10.6. The molecule has 0 aliphatic heterocycles. The lowest BCUT2D eigenvalue weighted by Gasteiger charge is -2.40. The van der Waals surface area contributed by atoms with E-state index in [1.54, 1.807) is 0 Å². The summed E-state index contributed by atoms with van der Waals surface area (Å²) in [6, 6.07) is 4.53. The Morgan fingerprint density at radius 3 is 2.34 bits per heavy atom. The maximum Gasteiger partial charge on any atom is 0.416 e. The van der Waals surface area contributed by atoms with Gasteiger partial charge in [-0.1, -0.05) is 18.6 Å². The van der Waals surface area contributed by atoms with E-state index in [0.717, 1.165) is 18.6 Å². The molecule has 1 aliphatic carbocycles. The lowest BCUT2D eigenvalue weighted by atomic mass is 9.84. The molecule has 0 bridgehead atoms. The number of sulfone groups is 1.